The number of ether oxygens (including phenoxy) is 1. The van der Waals surface area contributed by atoms with E-state index in [-0.39, 0.29) is 6.09 Å². The summed E-state index contributed by atoms with van der Waals surface area (Å²) in [4.78, 5) is 18.5. The van der Waals surface area contributed by atoms with Gasteiger partial charge in [-0.2, -0.15) is 0 Å². The Hall–Kier alpha value is -1.84. The van der Waals surface area contributed by atoms with Crippen LogP contribution in [0, 0.1) is 12.8 Å². The van der Waals surface area contributed by atoms with Crippen molar-refractivity contribution in [1.29, 1.82) is 0 Å². The fraction of sp³-hybridized carbons (Fsp3) is 0.529. The molecule has 0 N–H and O–H groups in total. The third kappa shape index (κ3) is 4.06. The third-order valence-corrected chi connectivity index (χ3v) is 3.32. The quantitative estimate of drug-likeness (QED) is 0.784. The number of hydrogen-bond donors (Lipinski definition) is 0. The van der Waals surface area contributed by atoms with Crippen LogP contribution in [-0.2, 0) is 4.74 Å². The molecule has 114 valence electrons. The lowest BCUT2D eigenvalue weighted by Crippen LogP contribution is -2.39. The standard InChI is InChI=1S/C17H24N2O2/c1-12-6-9-15(14-8-7-13(2)18-10-14)19(11-12)16(20)21-17(3,4)5/h7-10,12H,6,11H2,1-5H3. The predicted molar refractivity (Wildman–Crippen MR) is 83.7 cm³/mol. The highest BCUT2D eigenvalue weighted by Gasteiger charge is 2.29. The van der Waals surface area contributed by atoms with E-state index in [2.05, 4.69) is 18.0 Å². The van der Waals surface area contributed by atoms with Crippen molar-refractivity contribution < 1.29 is 9.53 Å². The molecule has 0 bridgehead atoms. The van der Waals surface area contributed by atoms with Crippen molar-refractivity contribution in [3.63, 3.8) is 0 Å². The Bertz CT molecular complexity index is 541. The summed E-state index contributed by atoms with van der Waals surface area (Å²) in [5, 5.41) is 0. The SMILES string of the molecule is Cc1ccc(C2=CCC(C)CN2C(=O)OC(C)(C)C)cn1. The van der Waals surface area contributed by atoms with Gasteiger partial charge in [-0.3, -0.25) is 9.88 Å². The summed E-state index contributed by atoms with van der Waals surface area (Å²) in [7, 11) is 0. The minimum absolute atomic E-state index is 0.291. The van der Waals surface area contributed by atoms with Gasteiger partial charge in [0.25, 0.3) is 0 Å². The lowest BCUT2D eigenvalue weighted by Gasteiger charge is -2.33. The molecule has 0 aromatic carbocycles. The molecule has 2 heterocycles. The molecule has 0 saturated carbocycles. The number of pyridine rings is 1. The topological polar surface area (TPSA) is 42.4 Å². The number of carbonyl (C=O) groups is 1. The van der Waals surface area contributed by atoms with Crippen LogP contribution in [0.4, 0.5) is 4.79 Å². The number of aromatic nitrogens is 1. The van der Waals surface area contributed by atoms with Crippen LogP contribution in [0.1, 0.15) is 45.4 Å². The first-order valence-electron chi connectivity index (χ1n) is 7.40. The Morgan fingerprint density at radius 1 is 1.38 bits per heavy atom. The van der Waals surface area contributed by atoms with Crippen LogP contribution in [0.25, 0.3) is 5.70 Å². The lowest BCUT2D eigenvalue weighted by molar-refractivity contribution is 0.0327. The first-order chi connectivity index (χ1) is 9.76. The van der Waals surface area contributed by atoms with Crippen LogP contribution in [0.2, 0.25) is 0 Å². The molecule has 1 aliphatic rings. The monoisotopic (exact) mass is 288 g/mol. The number of aryl methyl sites for hydroxylation is 1. The van der Waals surface area contributed by atoms with E-state index in [1.165, 1.54) is 0 Å². The Balaban J connectivity index is 2.28. The molecule has 2 rings (SSSR count). The predicted octanol–water partition coefficient (Wildman–Crippen LogP) is 4.01. The van der Waals surface area contributed by atoms with E-state index >= 15 is 0 Å². The molecule has 1 atom stereocenters. The highest BCUT2D eigenvalue weighted by Crippen LogP contribution is 2.28. The van der Waals surface area contributed by atoms with Gasteiger partial charge in [-0.05, 0) is 52.2 Å². The lowest BCUT2D eigenvalue weighted by atomic mass is 9.99. The summed E-state index contributed by atoms with van der Waals surface area (Å²) < 4.78 is 5.53. The zero-order valence-corrected chi connectivity index (χ0v) is 13.5. The molecular formula is C17H24N2O2. The Morgan fingerprint density at radius 3 is 2.67 bits per heavy atom. The number of nitrogens with zero attached hydrogens (tertiary/aromatic N) is 2. The molecule has 21 heavy (non-hydrogen) atoms. The highest BCUT2D eigenvalue weighted by atomic mass is 16.6. The van der Waals surface area contributed by atoms with E-state index in [9.17, 15) is 4.79 Å². The maximum Gasteiger partial charge on any atom is 0.414 e. The van der Waals surface area contributed by atoms with Gasteiger partial charge in [0.15, 0.2) is 0 Å². The highest BCUT2D eigenvalue weighted by molar-refractivity contribution is 5.82. The summed E-state index contributed by atoms with van der Waals surface area (Å²) in [5.74, 6) is 0.430. The second-order valence-electron chi connectivity index (χ2n) is 6.71. The molecule has 1 aliphatic heterocycles. The van der Waals surface area contributed by atoms with E-state index in [0.29, 0.717) is 12.5 Å². The van der Waals surface area contributed by atoms with Crippen LogP contribution >= 0.6 is 0 Å². The smallest absolute Gasteiger partial charge is 0.414 e. The fourth-order valence-electron chi connectivity index (χ4n) is 2.29. The third-order valence-electron chi connectivity index (χ3n) is 3.32. The zero-order valence-electron chi connectivity index (χ0n) is 13.5. The number of allylic oxidation sites excluding steroid dienone is 1. The number of amides is 1. The molecule has 1 aromatic heterocycles. The molecule has 1 aromatic rings. The van der Waals surface area contributed by atoms with Gasteiger partial charge in [0.2, 0.25) is 0 Å². The van der Waals surface area contributed by atoms with Gasteiger partial charge >= 0.3 is 6.09 Å². The fourth-order valence-corrected chi connectivity index (χ4v) is 2.29. The summed E-state index contributed by atoms with van der Waals surface area (Å²) in [6.07, 6.45) is 4.59. The minimum atomic E-state index is -0.492. The van der Waals surface area contributed by atoms with E-state index in [4.69, 9.17) is 4.74 Å². The molecule has 0 aliphatic carbocycles. The molecule has 4 nitrogen and oxygen atoms in total. The van der Waals surface area contributed by atoms with Crippen molar-refractivity contribution in [1.82, 2.24) is 9.88 Å². The van der Waals surface area contributed by atoms with Gasteiger partial charge in [0, 0.05) is 24.0 Å². The van der Waals surface area contributed by atoms with Crippen LogP contribution in [0.15, 0.2) is 24.4 Å². The Morgan fingerprint density at radius 2 is 2.10 bits per heavy atom. The minimum Gasteiger partial charge on any atom is -0.443 e. The van der Waals surface area contributed by atoms with Gasteiger partial charge in [-0.15, -0.1) is 0 Å². The molecule has 0 fully saturated rings. The second-order valence-corrected chi connectivity index (χ2v) is 6.71. The van der Waals surface area contributed by atoms with E-state index in [1.807, 2.05) is 46.0 Å². The maximum atomic E-state index is 12.5. The molecule has 0 spiro atoms. The normalized spacial score (nSPS) is 19.2. The molecule has 0 saturated heterocycles. The maximum absolute atomic E-state index is 12.5. The summed E-state index contributed by atoms with van der Waals surface area (Å²) in [6, 6.07) is 3.96. The van der Waals surface area contributed by atoms with Crippen molar-refractivity contribution in [3.8, 4) is 0 Å². The van der Waals surface area contributed by atoms with Crippen LogP contribution in [-0.4, -0.2) is 28.1 Å². The molecular weight excluding hydrogens is 264 g/mol. The summed E-state index contributed by atoms with van der Waals surface area (Å²) in [6.45, 7) is 10.4. The van der Waals surface area contributed by atoms with Crippen LogP contribution in [0.3, 0.4) is 0 Å². The first-order valence-corrected chi connectivity index (χ1v) is 7.40. The molecule has 4 heteroatoms. The number of carbonyl (C=O) groups excluding carboxylic acids is 1. The van der Waals surface area contributed by atoms with Crippen molar-refractivity contribution >= 4 is 11.8 Å². The number of rotatable bonds is 1. The molecule has 1 amide bonds. The average Bonchev–Trinajstić information content (AvgIpc) is 2.38. The van der Waals surface area contributed by atoms with Crippen molar-refractivity contribution in [2.24, 2.45) is 5.92 Å². The van der Waals surface area contributed by atoms with E-state index in [1.54, 1.807) is 4.90 Å². The van der Waals surface area contributed by atoms with Crippen molar-refractivity contribution in [2.45, 2.75) is 46.6 Å². The molecule has 1 unspecified atom stereocenters. The van der Waals surface area contributed by atoms with E-state index < -0.39 is 5.60 Å². The van der Waals surface area contributed by atoms with Crippen LogP contribution in [0.5, 0.6) is 0 Å². The average molecular weight is 288 g/mol. The van der Waals surface area contributed by atoms with Gasteiger partial charge in [0.05, 0.1) is 5.70 Å². The molecule has 0 radical (unpaired) electrons. The van der Waals surface area contributed by atoms with E-state index in [0.717, 1.165) is 23.4 Å². The van der Waals surface area contributed by atoms with Crippen LogP contribution < -0.4 is 0 Å². The Labute approximate surface area is 126 Å². The van der Waals surface area contributed by atoms with Gasteiger partial charge in [-0.1, -0.05) is 13.0 Å². The first kappa shape index (κ1) is 15.5. The largest absolute Gasteiger partial charge is 0.443 e. The summed E-state index contributed by atoms with van der Waals surface area (Å²) >= 11 is 0. The second kappa shape index (κ2) is 5.88. The summed E-state index contributed by atoms with van der Waals surface area (Å²) in [5.41, 5.74) is 2.33. The van der Waals surface area contributed by atoms with Gasteiger partial charge < -0.3 is 4.74 Å². The van der Waals surface area contributed by atoms with Gasteiger partial charge in [-0.25, -0.2) is 4.79 Å². The number of hydrogen-bond acceptors (Lipinski definition) is 3. The Kier molecular flexibility index (Phi) is 4.35. The van der Waals surface area contributed by atoms with Crippen molar-refractivity contribution in [2.75, 3.05) is 6.54 Å². The zero-order chi connectivity index (χ0) is 15.6. The van der Waals surface area contributed by atoms with Crippen molar-refractivity contribution in [3.05, 3.63) is 35.7 Å². The van der Waals surface area contributed by atoms with Gasteiger partial charge in [0.1, 0.15) is 5.60 Å².